The van der Waals surface area contributed by atoms with Crippen molar-refractivity contribution < 1.29 is 19.4 Å². The lowest BCUT2D eigenvalue weighted by Crippen LogP contribution is -2.59. The molecule has 1 rings (SSSR count). The number of aliphatic hydroxyl groups excluding tert-OH is 1. The molecule has 2 amide bonds. The Morgan fingerprint density at radius 3 is 2.27 bits per heavy atom. The average Bonchev–Trinajstić information content (AvgIpc) is 2.64. The molecule has 1 aromatic rings. The Hall–Kier alpha value is -2.16. The highest BCUT2D eigenvalue weighted by Crippen LogP contribution is 2.20. The molecule has 0 saturated carbocycles. The van der Waals surface area contributed by atoms with Gasteiger partial charge < -0.3 is 20.9 Å². The molecule has 5 N–H and O–H groups in total. The molecule has 0 aliphatic heterocycles. The van der Waals surface area contributed by atoms with Crippen LogP contribution in [0.1, 0.15) is 40.2 Å². The lowest BCUT2D eigenvalue weighted by Gasteiger charge is -2.34. The molecule has 30 heavy (non-hydrogen) atoms. The maximum absolute atomic E-state index is 12.9. The number of rotatable bonds is 10. The number of nitrogens with two attached hydrogens (primary N) is 1. The van der Waals surface area contributed by atoms with Gasteiger partial charge in [-0.2, -0.15) is 0 Å². The highest BCUT2D eigenvalue weighted by Gasteiger charge is 2.34. The van der Waals surface area contributed by atoms with Gasteiger partial charge in [-0.3, -0.25) is 10.2 Å². The summed E-state index contributed by atoms with van der Waals surface area (Å²) in [7, 11) is 1.25. The predicted octanol–water partition coefficient (Wildman–Crippen LogP) is 1.68. The quantitative estimate of drug-likeness (QED) is 0.426. The summed E-state index contributed by atoms with van der Waals surface area (Å²) in [6, 6.07) is 8.43. The minimum Gasteiger partial charge on any atom is -0.453 e. The van der Waals surface area contributed by atoms with Crippen LogP contribution < -0.4 is 16.5 Å². The molecule has 170 valence electrons. The molecule has 0 aromatic heterocycles. The van der Waals surface area contributed by atoms with Gasteiger partial charge in [0.05, 0.1) is 13.2 Å². The first kappa shape index (κ1) is 25.9. The number of aliphatic hydroxyl groups is 1. The number of hydrogen-bond donors (Lipinski definition) is 4. The number of hydrogen-bond acceptors (Lipinski definition) is 6. The van der Waals surface area contributed by atoms with Gasteiger partial charge in [0, 0.05) is 19.1 Å². The number of methoxy groups -OCH3 is 1. The van der Waals surface area contributed by atoms with Crippen LogP contribution in [0.4, 0.5) is 4.79 Å². The first-order valence-electron chi connectivity index (χ1n) is 10.3. The number of benzene rings is 1. The molecule has 0 saturated heterocycles. The first-order chi connectivity index (χ1) is 13.9. The van der Waals surface area contributed by atoms with Crippen molar-refractivity contribution in [3.8, 4) is 0 Å². The zero-order valence-electron chi connectivity index (χ0n) is 19.0. The second-order valence-electron chi connectivity index (χ2n) is 9.13. The molecule has 8 nitrogen and oxygen atoms in total. The monoisotopic (exact) mass is 422 g/mol. The van der Waals surface area contributed by atoms with E-state index < -0.39 is 29.7 Å². The normalized spacial score (nSPS) is 14.9. The molecule has 8 heteroatoms. The van der Waals surface area contributed by atoms with Crippen LogP contribution >= 0.6 is 0 Å². The van der Waals surface area contributed by atoms with Gasteiger partial charge in [0.2, 0.25) is 0 Å². The molecule has 1 aromatic carbocycles. The predicted molar refractivity (Wildman–Crippen MR) is 117 cm³/mol. The third-order valence-electron chi connectivity index (χ3n) is 4.65. The van der Waals surface area contributed by atoms with E-state index in [1.165, 1.54) is 7.11 Å². The number of nitrogens with zero attached hydrogens (tertiary/aromatic N) is 1. The molecular formula is C22H38N4O4. The van der Waals surface area contributed by atoms with Crippen molar-refractivity contribution in [2.24, 2.45) is 17.1 Å². The van der Waals surface area contributed by atoms with Gasteiger partial charge in [-0.1, -0.05) is 65.0 Å². The van der Waals surface area contributed by atoms with Crippen molar-refractivity contribution in [2.75, 3.05) is 20.2 Å². The summed E-state index contributed by atoms with van der Waals surface area (Å²) in [5.41, 5.74) is 9.55. The Labute approximate surface area is 180 Å². The Bertz CT molecular complexity index is 661. The van der Waals surface area contributed by atoms with Crippen molar-refractivity contribution in [1.82, 2.24) is 15.8 Å². The SMILES string of the molecule is COC(=O)N[C@H](C(=O)NN(CC(C)C)C[C@H](O)[C@@H](N)Cc1ccccc1)C(C)(C)C. The van der Waals surface area contributed by atoms with E-state index in [1.54, 1.807) is 5.01 Å². The van der Waals surface area contributed by atoms with E-state index in [4.69, 9.17) is 5.73 Å². The van der Waals surface area contributed by atoms with E-state index in [1.807, 2.05) is 65.0 Å². The summed E-state index contributed by atoms with van der Waals surface area (Å²) in [6.07, 6.45) is -0.990. The zero-order chi connectivity index (χ0) is 22.9. The summed E-state index contributed by atoms with van der Waals surface area (Å²) < 4.78 is 4.65. The minimum absolute atomic E-state index is 0.174. The van der Waals surface area contributed by atoms with E-state index in [-0.39, 0.29) is 18.4 Å². The highest BCUT2D eigenvalue weighted by molar-refractivity contribution is 5.86. The average molecular weight is 423 g/mol. The topological polar surface area (TPSA) is 117 Å². The van der Waals surface area contributed by atoms with Crippen molar-refractivity contribution in [3.63, 3.8) is 0 Å². The molecule has 0 spiro atoms. The van der Waals surface area contributed by atoms with Crippen molar-refractivity contribution >= 4 is 12.0 Å². The fourth-order valence-corrected chi connectivity index (χ4v) is 3.06. The van der Waals surface area contributed by atoms with Crippen molar-refractivity contribution in [2.45, 2.75) is 59.2 Å². The van der Waals surface area contributed by atoms with Gasteiger partial charge in [0.25, 0.3) is 5.91 Å². The standard InChI is InChI=1S/C22H38N4O4/c1-15(2)13-26(14-18(27)17(23)12-16-10-8-7-9-11-16)25-20(28)19(22(3,4)5)24-21(29)30-6/h7-11,15,17-19,27H,12-14,23H2,1-6H3,(H,24,29)(H,25,28)/t17-,18-,19+/m0/s1. The van der Waals surface area contributed by atoms with Gasteiger partial charge in [0.1, 0.15) is 6.04 Å². The van der Waals surface area contributed by atoms with Crippen LogP contribution in [-0.4, -0.2) is 60.5 Å². The number of alkyl carbamates (subject to hydrolysis) is 1. The fourth-order valence-electron chi connectivity index (χ4n) is 3.06. The van der Waals surface area contributed by atoms with E-state index >= 15 is 0 Å². The molecule has 0 aliphatic rings. The third kappa shape index (κ3) is 9.11. The minimum atomic E-state index is -0.842. The summed E-state index contributed by atoms with van der Waals surface area (Å²) in [5.74, 6) is -0.137. The number of carbonyl (C=O) groups is 2. The number of nitrogens with one attached hydrogen (secondary N) is 2. The Balaban J connectivity index is 2.83. The Morgan fingerprint density at radius 1 is 1.17 bits per heavy atom. The molecule has 0 unspecified atom stereocenters. The number of ether oxygens (including phenoxy) is 1. The van der Waals surface area contributed by atoms with Crippen molar-refractivity contribution in [3.05, 3.63) is 35.9 Å². The summed E-state index contributed by atoms with van der Waals surface area (Å²) in [4.78, 5) is 24.6. The van der Waals surface area contributed by atoms with E-state index in [0.717, 1.165) is 5.56 Å². The van der Waals surface area contributed by atoms with Gasteiger partial charge >= 0.3 is 6.09 Å². The highest BCUT2D eigenvalue weighted by atomic mass is 16.5. The zero-order valence-corrected chi connectivity index (χ0v) is 19.0. The van der Waals surface area contributed by atoms with Crippen LogP contribution in [0.2, 0.25) is 0 Å². The van der Waals surface area contributed by atoms with E-state index in [9.17, 15) is 14.7 Å². The molecule has 0 heterocycles. The smallest absolute Gasteiger partial charge is 0.407 e. The summed E-state index contributed by atoms with van der Waals surface area (Å²) in [6.45, 7) is 10.3. The van der Waals surface area contributed by atoms with Crippen LogP contribution in [0.25, 0.3) is 0 Å². The molecule has 0 aliphatic carbocycles. The Kier molecular flexibility index (Phi) is 10.2. The second kappa shape index (κ2) is 11.9. The van der Waals surface area contributed by atoms with Crippen molar-refractivity contribution in [1.29, 1.82) is 0 Å². The lowest BCUT2D eigenvalue weighted by molar-refractivity contribution is -0.131. The molecular weight excluding hydrogens is 384 g/mol. The van der Waals surface area contributed by atoms with Gasteiger partial charge in [0.15, 0.2) is 0 Å². The van der Waals surface area contributed by atoms with Crippen LogP contribution in [0.5, 0.6) is 0 Å². The third-order valence-corrected chi connectivity index (χ3v) is 4.65. The molecule has 0 radical (unpaired) electrons. The largest absolute Gasteiger partial charge is 0.453 e. The van der Waals surface area contributed by atoms with E-state index in [0.29, 0.717) is 13.0 Å². The second-order valence-corrected chi connectivity index (χ2v) is 9.13. The molecule has 0 fully saturated rings. The maximum Gasteiger partial charge on any atom is 0.407 e. The lowest BCUT2D eigenvalue weighted by atomic mass is 9.86. The molecule has 0 bridgehead atoms. The summed E-state index contributed by atoms with van der Waals surface area (Å²) in [5, 5.41) is 14.9. The fraction of sp³-hybridized carbons (Fsp3) is 0.636. The van der Waals surface area contributed by atoms with Gasteiger partial charge in [-0.05, 0) is 23.3 Å². The first-order valence-corrected chi connectivity index (χ1v) is 10.3. The molecule has 3 atom stereocenters. The van der Waals surface area contributed by atoms with Crippen LogP contribution in [-0.2, 0) is 16.0 Å². The number of amides is 2. The van der Waals surface area contributed by atoms with E-state index in [2.05, 4.69) is 15.5 Å². The van der Waals surface area contributed by atoms with Gasteiger partial charge in [-0.25, -0.2) is 9.80 Å². The van der Waals surface area contributed by atoms with Crippen LogP contribution in [0, 0.1) is 11.3 Å². The van der Waals surface area contributed by atoms with Crippen LogP contribution in [0.3, 0.4) is 0 Å². The van der Waals surface area contributed by atoms with Crippen LogP contribution in [0.15, 0.2) is 30.3 Å². The Morgan fingerprint density at radius 2 is 1.77 bits per heavy atom. The summed E-state index contributed by atoms with van der Waals surface area (Å²) >= 11 is 0. The number of hydrazine groups is 1. The van der Waals surface area contributed by atoms with Gasteiger partial charge in [-0.15, -0.1) is 0 Å². The number of carbonyl (C=O) groups excluding carboxylic acids is 2. The maximum atomic E-state index is 12.9.